The molecule has 0 bridgehead atoms. The highest BCUT2D eigenvalue weighted by molar-refractivity contribution is 5.86. The topological polar surface area (TPSA) is 26.3 Å². The van der Waals surface area contributed by atoms with Gasteiger partial charge in [0.1, 0.15) is 0 Å². The van der Waals surface area contributed by atoms with E-state index in [1.54, 1.807) is 6.92 Å². The smallest absolute Gasteiger partial charge is 0.333 e. The van der Waals surface area contributed by atoms with Crippen LogP contribution in [0.5, 0.6) is 0 Å². The quantitative estimate of drug-likeness (QED) is 0.135. The van der Waals surface area contributed by atoms with Gasteiger partial charge in [-0.2, -0.15) is 0 Å². The van der Waals surface area contributed by atoms with E-state index in [1.807, 2.05) is 6.07 Å². The van der Waals surface area contributed by atoms with E-state index in [0.29, 0.717) is 24.0 Å². The van der Waals surface area contributed by atoms with Crippen LogP contribution in [0.1, 0.15) is 66.2 Å². The fraction of sp³-hybridized carbons (Fsp3) is 0.250. The Labute approximate surface area is 228 Å². The molecule has 0 N–H and O–H groups in total. The number of carbonyl (C=O) groups excluding carboxylic acids is 1. The first-order valence-corrected chi connectivity index (χ1v) is 13.6. The Morgan fingerprint density at radius 1 is 0.632 bits per heavy atom. The highest BCUT2D eigenvalue weighted by atomic mass is 16.5. The van der Waals surface area contributed by atoms with Crippen molar-refractivity contribution < 1.29 is 9.53 Å². The van der Waals surface area contributed by atoms with Gasteiger partial charge in [0.15, 0.2) is 0 Å². The summed E-state index contributed by atoms with van der Waals surface area (Å²) in [5, 5.41) is 0. The monoisotopic (exact) mass is 502 g/mol. The van der Waals surface area contributed by atoms with Crippen molar-refractivity contribution in [2.75, 3.05) is 6.61 Å². The zero-order valence-corrected chi connectivity index (χ0v) is 22.3. The van der Waals surface area contributed by atoms with E-state index in [0.717, 1.165) is 25.7 Å². The van der Waals surface area contributed by atoms with Crippen molar-refractivity contribution in [2.24, 2.45) is 0 Å². The number of benzene rings is 4. The van der Waals surface area contributed by atoms with E-state index in [1.165, 1.54) is 22.3 Å². The summed E-state index contributed by atoms with van der Waals surface area (Å²) in [6, 6.07) is 42.9. The molecular formula is C36H38O2. The lowest BCUT2D eigenvalue weighted by atomic mass is 9.77. The third-order valence-corrected chi connectivity index (χ3v) is 7.34. The molecule has 0 saturated heterocycles. The van der Waals surface area contributed by atoms with Gasteiger partial charge in [0, 0.05) is 11.5 Å². The predicted molar refractivity (Wildman–Crippen MR) is 157 cm³/mol. The maximum atomic E-state index is 12.3. The van der Waals surface area contributed by atoms with Gasteiger partial charge in [-0.15, -0.1) is 0 Å². The second kappa shape index (κ2) is 14.1. The Balaban J connectivity index is 1.61. The van der Waals surface area contributed by atoms with Gasteiger partial charge in [0.25, 0.3) is 0 Å². The molecule has 0 heterocycles. The molecule has 3 unspecified atom stereocenters. The molecule has 0 aromatic heterocycles. The number of aryl methyl sites for hydroxylation is 1. The summed E-state index contributed by atoms with van der Waals surface area (Å²) < 4.78 is 5.71. The summed E-state index contributed by atoms with van der Waals surface area (Å²) in [5.74, 6) is 0.490. The van der Waals surface area contributed by atoms with Crippen molar-refractivity contribution in [1.29, 1.82) is 0 Å². The third kappa shape index (κ3) is 8.05. The van der Waals surface area contributed by atoms with E-state index in [2.05, 4.69) is 122 Å². The highest BCUT2D eigenvalue weighted by Gasteiger charge is 2.25. The normalized spacial score (nSPS) is 13.3. The van der Waals surface area contributed by atoms with Crippen molar-refractivity contribution in [1.82, 2.24) is 0 Å². The molecule has 2 heteroatoms. The van der Waals surface area contributed by atoms with E-state index in [4.69, 9.17) is 4.74 Å². The SMILES string of the molecule is C=C(C)C(=O)OCC(CC(CC(CCc1ccccc1)c1ccccc1)c1ccccc1)c1ccccc1. The van der Waals surface area contributed by atoms with Crippen LogP contribution in [0.3, 0.4) is 0 Å². The van der Waals surface area contributed by atoms with Crippen LogP contribution in [0, 0.1) is 0 Å². The number of esters is 1. The van der Waals surface area contributed by atoms with Gasteiger partial charge in [-0.3, -0.25) is 0 Å². The second-order valence-corrected chi connectivity index (χ2v) is 10.2. The van der Waals surface area contributed by atoms with Gasteiger partial charge < -0.3 is 4.74 Å². The molecular weight excluding hydrogens is 464 g/mol. The summed E-state index contributed by atoms with van der Waals surface area (Å²) >= 11 is 0. The Bertz CT molecular complexity index is 1250. The Kier molecular flexibility index (Phi) is 10.1. The van der Waals surface area contributed by atoms with Crippen molar-refractivity contribution in [3.63, 3.8) is 0 Å². The minimum Gasteiger partial charge on any atom is -0.462 e. The molecule has 4 aromatic rings. The number of carbonyl (C=O) groups is 1. The standard InChI is InChI=1S/C36H38O2/c1-28(2)36(37)38-27-35(32-21-13-6-14-22-32)26-34(31-19-11-5-12-20-31)25-33(30-17-9-4-10-18-30)24-23-29-15-7-3-8-16-29/h3-22,33-35H,1,23-27H2,2H3. The number of hydrogen-bond donors (Lipinski definition) is 0. The van der Waals surface area contributed by atoms with Crippen molar-refractivity contribution >= 4 is 5.97 Å². The molecule has 194 valence electrons. The third-order valence-electron chi connectivity index (χ3n) is 7.34. The van der Waals surface area contributed by atoms with Crippen LogP contribution in [0.25, 0.3) is 0 Å². The van der Waals surface area contributed by atoms with E-state index in [9.17, 15) is 4.79 Å². The summed E-state index contributed by atoms with van der Waals surface area (Å²) in [4.78, 5) is 12.3. The zero-order valence-electron chi connectivity index (χ0n) is 22.3. The fourth-order valence-corrected chi connectivity index (χ4v) is 5.24. The first-order valence-electron chi connectivity index (χ1n) is 13.6. The summed E-state index contributed by atoms with van der Waals surface area (Å²) in [7, 11) is 0. The number of hydrogen-bond acceptors (Lipinski definition) is 2. The highest BCUT2D eigenvalue weighted by Crippen LogP contribution is 2.39. The van der Waals surface area contributed by atoms with Crippen LogP contribution in [0.15, 0.2) is 133 Å². The minimum atomic E-state index is -0.327. The fourth-order valence-electron chi connectivity index (χ4n) is 5.24. The lowest BCUT2D eigenvalue weighted by Crippen LogP contribution is -2.17. The molecule has 0 spiro atoms. The molecule has 0 aliphatic heterocycles. The number of rotatable bonds is 13. The van der Waals surface area contributed by atoms with Gasteiger partial charge in [-0.25, -0.2) is 4.79 Å². The van der Waals surface area contributed by atoms with Gasteiger partial charge in [-0.05, 0) is 66.7 Å². The van der Waals surface area contributed by atoms with Crippen LogP contribution in [-0.4, -0.2) is 12.6 Å². The maximum Gasteiger partial charge on any atom is 0.333 e. The molecule has 0 fully saturated rings. The largest absolute Gasteiger partial charge is 0.462 e. The average Bonchev–Trinajstić information content (AvgIpc) is 2.98. The van der Waals surface area contributed by atoms with Crippen LogP contribution < -0.4 is 0 Å². The van der Waals surface area contributed by atoms with Crippen molar-refractivity contribution in [2.45, 2.75) is 50.4 Å². The molecule has 38 heavy (non-hydrogen) atoms. The molecule has 4 aromatic carbocycles. The van der Waals surface area contributed by atoms with Gasteiger partial charge in [-0.1, -0.05) is 128 Å². The predicted octanol–water partition coefficient (Wildman–Crippen LogP) is 8.87. The van der Waals surface area contributed by atoms with Gasteiger partial charge in [0.05, 0.1) is 6.61 Å². The van der Waals surface area contributed by atoms with Crippen molar-refractivity contribution in [3.8, 4) is 0 Å². The molecule has 4 rings (SSSR count). The summed E-state index contributed by atoms with van der Waals surface area (Å²) in [6.07, 6.45) is 4.04. The molecule has 3 atom stereocenters. The first kappa shape index (κ1) is 27.1. The Hall–Kier alpha value is -3.91. The Morgan fingerprint density at radius 3 is 1.55 bits per heavy atom. The van der Waals surface area contributed by atoms with Gasteiger partial charge >= 0.3 is 5.97 Å². The zero-order chi connectivity index (χ0) is 26.6. The number of ether oxygens (including phenoxy) is 1. The molecule has 0 saturated carbocycles. The van der Waals surface area contributed by atoms with Gasteiger partial charge in [0.2, 0.25) is 0 Å². The van der Waals surface area contributed by atoms with Crippen LogP contribution >= 0.6 is 0 Å². The molecule has 0 aliphatic carbocycles. The molecule has 0 radical (unpaired) electrons. The van der Waals surface area contributed by atoms with Crippen LogP contribution in [0.2, 0.25) is 0 Å². The first-order chi connectivity index (χ1) is 18.6. The van der Waals surface area contributed by atoms with E-state index in [-0.39, 0.29) is 11.9 Å². The Morgan fingerprint density at radius 2 is 1.05 bits per heavy atom. The molecule has 0 amide bonds. The molecule has 2 nitrogen and oxygen atoms in total. The lowest BCUT2D eigenvalue weighted by Gasteiger charge is -2.28. The van der Waals surface area contributed by atoms with Crippen LogP contribution in [0.4, 0.5) is 0 Å². The maximum absolute atomic E-state index is 12.3. The second-order valence-electron chi connectivity index (χ2n) is 10.2. The van der Waals surface area contributed by atoms with Crippen LogP contribution in [-0.2, 0) is 16.0 Å². The molecule has 0 aliphatic rings. The van der Waals surface area contributed by atoms with E-state index >= 15 is 0 Å². The summed E-state index contributed by atoms with van der Waals surface area (Å²) in [5.41, 5.74) is 5.72. The van der Waals surface area contributed by atoms with Crippen molar-refractivity contribution in [3.05, 3.63) is 156 Å². The lowest BCUT2D eigenvalue weighted by molar-refractivity contribution is -0.139. The summed E-state index contributed by atoms with van der Waals surface area (Å²) in [6.45, 7) is 5.80. The average molecular weight is 503 g/mol. The minimum absolute atomic E-state index is 0.0928. The van der Waals surface area contributed by atoms with E-state index < -0.39 is 0 Å².